The van der Waals surface area contributed by atoms with E-state index < -0.39 is 0 Å². The molecule has 0 radical (unpaired) electrons. The summed E-state index contributed by atoms with van der Waals surface area (Å²) >= 11 is 0. The van der Waals surface area contributed by atoms with Crippen molar-refractivity contribution < 1.29 is 35.0 Å². The van der Waals surface area contributed by atoms with Crippen LogP contribution in [0, 0.1) is 6.07 Å². The van der Waals surface area contributed by atoms with Gasteiger partial charge in [0, 0.05) is 48.4 Å². The Morgan fingerprint density at radius 2 is 1.20 bits per heavy atom. The average Bonchev–Trinajstić information content (AvgIpc) is 4.08. The molecular formula is C68H58N3O3Pt-. The Morgan fingerprint density at radius 3 is 1.89 bits per heavy atom. The second-order valence-electron chi connectivity index (χ2n) is 23.0. The summed E-state index contributed by atoms with van der Waals surface area (Å²) in [7, 11) is 0. The number of nitrogens with zero attached hydrogens (tertiary/aromatic N) is 3. The van der Waals surface area contributed by atoms with Gasteiger partial charge in [-0.3, -0.25) is 9.55 Å². The Hall–Kier alpha value is -7.53. The molecule has 374 valence electrons. The van der Waals surface area contributed by atoms with E-state index in [1.54, 1.807) is 0 Å². The molecular weight excluding hydrogens is 1100 g/mol. The molecule has 0 fully saturated rings. The van der Waals surface area contributed by atoms with Crippen LogP contribution in [-0.4, -0.2) is 19.6 Å². The molecule has 0 amide bonds. The first-order valence-electron chi connectivity index (χ1n) is 26.0. The van der Waals surface area contributed by atoms with Crippen LogP contribution >= 0.6 is 0 Å². The van der Waals surface area contributed by atoms with E-state index in [2.05, 4.69) is 213 Å². The minimum Gasteiger partial charge on any atom is -0.507 e. The Labute approximate surface area is 451 Å². The third-order valence-corrected chi connectivity index (χ3v) is 15.4. The van der Waals surface area contributed by atoms with Crippen molar-refractivity contribution in [2.45, 2.75) is 91.9 Å². The van der Waals surface area contributed by atoms with Crippen LogP contribution in [0.5, 0.6) is 5.75 Å². The number of fused-ring (bicyclic) bond motifs is 14. The smallest absolute Gasteiger partial charge is 0.149 e. The number of pyridine rings is 1. The van der Waals surface area contributed by atoms with Crippen LogP contribution in [0.15, 0.2) is 160 Å². The van der Waals surface area contributed by atoms with Gasteiger partial charge in [-0.05, 0) is 121 Å². The average molecular weight is 1160 g/mol. The van der Waals surface area contributed by atoms with Crippen molar-refractivity contribution in [2.24, 2.45) is 0 Å². The van der Waals surface area contributed by atoms with Crippen molar-refractivity contribution in [1.82, 2.24) is 14.5 Å². The molecule has 0 saturated heterocycles. The zero-order valence-electron chi connectivity index (χ0n) is 44.0. The van der Waals surface area contributed by atoms with E-state index in [4.69, 9.17) is 18.8 Å². The number of hydrogen-bond acceptors (Lipinski definition) is 5. The number of rotatable bonds is 6. The van der Waals surface area contributed by atoms with E-state index in [0.29, 0.717) is 17.0 Å². The molecule has 13 aromatic rings. The van der Waals surface area contributed by atoms with Gasteiger partial charge >= 0.3 is 0 Å². The van der Waals surface area contributed by atoms with Crippen molar-refractivity contribution in [2.75, 3.05) is 0 Å². The van der Waals surface area contributed by atoms with Gasteiger partial charge in [-0.1, -0.05) is 183 Å². The summed E-state index contributed by atoms with van der Waals surface area (Å²) in [4.78, 5) is 11.4. The third kappa shape index (κ3) is 7.61. The van der Waals surface area contributed by atoms with Gasteiger partial charge in [0.1, 0.15) is 28.3 Å². The maximum absolute atomic E-state index is 12.7. The van der Waals surface area contributed by atoms with Gasteiger partial charge in [0.25, 0.3) is 0 Å². The van der Waals surface area contributed by atoms with Gasteiger partial charge in [-0.25, -0.2) is 4.98 Å². The number of aromatic nitrogens is 3. The fourth-order valence-electron chi connectivity index (χ4n) is 11.5. The molecule has 0 bridgehead atoms. The van der Waals surface area contributed by atoms with Crippen molar-refractivity contribution in [3.8, 4) is 45.2 Å². The van der Waals surface area contributed by atoms with Gasteiger partial charge in [0.15, 0.2) is 0 Å². The van der Waals surface area contributed by atoms with Gasteiger partial charge in [-0.15, -0.1) is 11.5 Å². The molecule has 0 spiro atoms. The molecule has 1 N–H and O–H groups in total. The first-order valence-corrected chi connectivity index (χ1v) is 26.0. The van der Waals surface area contributed by atoms with Crippen molar-refractivity contribution in [3.05, 3.63) is 180 Å². The summed E-state index contributed by atoms with van der Waals surface area (Å²) in [5.74, 6) is 1.25. The van der Waals surface area contributed by atoms with Gasteiger partial charge < -0.3 is 13.9 Å². The van der Waals surface area contributed by atoms with E-state index in [1.165, 1.54) is 22.3 Å². The maximum atomic E-state index is 12.7. The van der Waals surface area contributed by atoms with Gasteiger partial charge in [-0.2, -0.15) is 0 Å². The molecule has 0 atom stereocenters. The zero-order chi connectivity index (χ0) is 51.1. The van der Waals surface area contributed by atoms with Gasteiger partial charge in [0.2, 0.25) is 0 Å². The minimum absolute atomic E-state index is 0. The fraction of sp³-hybridized carbons (Fsp3) is 0.206. The summed E-state index contributed by atoms with van der Waals surface area (Å²) in [6.45, 7) is 22.3. The number of aromatic hydroxyl groups is 1. The molecule has 9 aromatic carbocycles. The summed E-state index contributed by atoms with van der Waals surface area (Å²) in [5, 5.41) is 21.9. The van der Waals surface area contributed by atoms with Crippen LogP contribution in [0.3, 0.4) is 0 Å². The third-order valence-electron chi connectivity index (χ3n) is 15.4. The Kier molecular flexibility index (Phi) is 11.3. The van der Waals surface area contributed by atoms with Crippen LogP contribution in [0.1, 0.15) is 103 Å². The largest absolute Gasteiger partial charge is 0.507 e. The predicted octanol–water partition coefficient (Wildman–Crippen LogP) is 19.0. The molecule has 6 nitrogen and oxygen atoms in total. The van der Waals surface area contributed by atoms with Crippen molar-refractivity contribution in [1.29, 1.82) is 0 Å². The van der Waals surface area contributed by atoms with Crippen LogP contribution in [0.2, 0.25) is 0 Å². The number of para-hydroxylation sites is 2. The van der Waals surface area contributed by atoms with Crippen LogP contribution in [-0.2, 0) is 31.9 Å². The summed E-state index contributed by atoms with van der Waals surface area (Å²) in [6.07, 6.45) is 0. The summed E-state index contributed by atoms with van der Waals surface area (Å²) in [5.41, 5.74) is 15.3. The standard InChI is InChI=1S/C68H58N3O3.Pt/c1-37(2)48-31-40(39-19-12-11-13-20-39)32-49(38(3)4)63(48)71-56-25-18-24-47(62(56)70-66(71)53-33-41(67(5,6)7)34-54(64(53)72)68(8,9)10)55-29-27-45-42-21-14-15-22-43(42)50-35-52-59(36-51(50)61(45)69-55)73-58-30-28-46-44-23-16-17-26-57(44)74-65(46)60(52)58;/h11-35,37-38,72H,1-10H3;/q-1;. The van der Waals surface area contributed by atoms with E-state index in [-0.39, 0.29) is 49.5 Å². The van der Waals surface area contributed by atoms with E-state index in [9.17, 15) is 5.11 Å². The minimum atomic E-state index is -0.349. The normalized spacial score (nSPS) is 12.6. The molecule has 4 aromatic heterocycles. The second kappa shape index (κ2) is 17.5. The molecule has 0 saturated carbocycles. The first kappa shape index (κ1) is 48.4. The maximum Gasteiger partial charge on any atom is 0.149 e. The van der Waals surface area contributed by atoms with E-state index in [0.717, 1.165) is 110 Å². The second-order valence-corrected chi connectivity index (χ2v) is 23.0. The Morgan fingerprint density at radius 1 is 0.533 bits per heavy atom. The molecule has 75 heavy (non-hydrogen) atoms. The molecule has 0 aliphatic heterocycles. The molecule has 0 aliphatic rings. The molecule has 7 heteroatoms. The number of imidazole rings is 1. The van der Waals surface area contributed by atoms with Crippen molar-refractivity contribution in [3.63, 3.8) is 0 Å². The molecule has 0 unspecified atom stereocenters. The topological polar surface area (TPSA) is 77.2 Å². The van der Waals surface area contributed by atoms with E-state index >= 15 is 0 Å². The zero-order valence-corrected chi connectivity index (χ0v) is 46.3. The van der Waals surface area contributed by atoms with Crippen LogP contribution in [0.25, 0.3) is 127 Å². The van der Waals surface area contributed by atoms with Gasteiger partial charge in [0.05, 0.1) is 33.6 Å². The number of hydrogen-bond donors (Lipinski definition) is 1. The molecule has 0 aliphatic carbocycles. The summed E-state index contributed by atoms with van der Waals surface area (Å²) < 4.78 is 15.6. The summed E-state index contributed by atoms with van der Waals surface area (Å²) in [6, 6.07) is 57.5. The number of phenolic OH excluding ortho intramolecular Hbond substituents is 1. The monoisotopic (exact) mass is 1160 g/mol. The van der Waals surface area contributed by atoms with E-state index in [1.807, 2.05) is 18.2 Å². The Bertz CT molecular complexity index is 4430. The number of furan rings is 2. The van der Waals surface area contributed by atoms with Crippen LogP contribution in [0.4, 0.5) is 0 Å². The van der Waals surface area contributed by atoms with Crippen molar-refractivity contribution >= 4 is 87.4 Å². The quantitative estimate of drug-likeness (QED) is 0.133. The molecule has 13 rings (SSSR count). The number of benzene rings is 9. The Balaban J connectivity index is 0.00000569. The predicted molar refractivity (Wildman–Crippen MR) is 308 cm³/mol. The fourth-order valence-corrected chi connectivity index (χ4v) is 11.5. The molecule has 4 heterocycles. The first-order chi connectivity index (χ1) is 35.5. The van der Waals surface area contributed by atoms with Crippen LogP contribution < -0.4 is 0 Å². The SMILES string of the molecule is CC(C)c1cc(-c2ccccc2)cc(C(C)C)c1-n1c(-c2cc(C(C)(C)C)cc(C(C)(C)C)c2O)nc2c(-c3ccc4c5ccccc5c5cc6c([c-]c5c4n3)oc3ccc4c5ccccc5oc4c36)cccc21.[Pt]. The number of phenols is 1.